The van der Waals surface area contributed by atoms with Gasteiger partial charge in [0.25, 0.3) is 0 Å². The number of hydrogen-bond acceptors (Lipinski definition) is 6. The fourth-order valence-corrected chi connectivity index (χ4v) is 3.31. The van der Waals surface area contributed by atoms with Crippen molar-refractivity contribution in [3.05, 3.63) is 10.7 Å². The molecule has 1 aliphatic rings. The molecule has 0 aliphatic carbocycles. The lowest BCUT2D eigenvalue weighted by Crippen LogP contribution is -2.21. The molecule has 0 spiro atoms. The van der Waals surface area contributed by atoms with Crippen molar-refractivity contribution in [1.82, 2.24) is 9.97 Å². The highest BCUT2D eigenvalue weighted by Crippen LogP contribution is 2.26. The summed E-state index contributed by atoms with van der Waals surface area (Å²) in [4.78, 5) is 8.27. The van der Waals surface area contributed by atoms with Gasteiger partial charge in [-0.1, -0.05) is 6.42 Å². The standard InChI is InChI=1S/C10H16BrN5S/c11-8-6-14-10(16-12)15-9(8)13-5-7-3-1-2-4-17-7/h6-7H,1-5,12H2,(H2,13,14,15,16). The predicted molar refractivity (Wildman–Crippen MR) is 76.1 cm³/mol. The van der Waals surface area contributed by atoms with Gasteiger partial charge in [0.15, 0.2) is 0 Å². The van der Waals surface area contributed by atoms with Crippen LogP contribution in [0.3, 0.4) is 0 Å². The Balaban J connectivity index is 1.92. The number of hydrogen-bond donors (Lipinski definition) is 3. The van der Waals surface area contributed by atoms with Crippen LogP contribution < -0.4 is 16.6 Å². The zero-order valence-corrected chi connectivity index (χ0v) is 11.9. The lowest BCUT2D eigenvalue weighted by molar-refractivity contribution is 0.677. The zero-order valence-electron chi connectivity index (χ0n) is 9.45. The molecule has 2 heterocycles. The number of nitrogens with one attached hydrogen (secondary N) is 2. The smallest absolute Gasteiger partial charge is 0.239 e. The summed E-state index contributed by atoms with van der Waals surface area (Å²) in [5, 5.41) is 4.02. The first-order chi connectivity index (χ1) is 8.29. The van der Waals surface area contributed by atoms with Gasteiger partial charge in [-0.15, -0.1) is 0 Å². The quantitative estimate of drug-likeness (QED) is 0.584. The van der Waals surface area contributed by atoms with E-state index in [0.29, 0.717) is 11.2 Å². The summed E-state index contributed by atoms with van der Waals surface area (Å²) in [5.74, 6) is 7.77. The molecule has 1 saturated heterocycles. The second kappa shape index (κ2) is 6.42. The molecule has 1 aliphatic heterocycles. The van der Waals surface area contributed by atoms with Crippen LogP contribution in [0.2, 0.25) is 0 Å². The predicted octanol–water partition coefficient (Wildman–Crippen LogP) is 2.22. The summed E-state index contributed by atoms with van der Waals surface area (Å²) >= 11 is 5.46. The molecule has 4 N–H and O–H groups in total. The molecule has 0 radical (unpaired) electrons. The molecule has 7 heteroatoms. The van der Waals surface area contributed by atoms with Crippen LogP contribution in [-0.4, -0.2) is 27.5 Å². The normalized spacial score (nSPS) is 20.0. The molecular formula is C10H16BrN5S. The average molecular weight is 318 g/mol. The van der Waals surface area contributed by atoms with E-state index >= 15 is 0 Å². The molecule has 1 aromatic rings. The Kier molecular flexibility index (Phi) is 4.87. The highest BCUT2D eigenvalue weighted by atomic mass is 79.9. The van der Waals surface area contributed by atoms with E-state index in [-0.39, 0.29) is 0 Å². The molecule has 0 aromatic carbocycles. The zero-order chi connectivity index (χ0) is 12.1. The van der Waals surface area contributed by atoms with Gasteiger partial charge in [0.1, 0.15) is 5.82 Å². The molecule has 0 amide bonds. The average Bonchev–Trinajstić information content (AvgIpc) is 2.39. The van der Waals surface area contributed by atoms with Crippen LogP contribution in [0.5, 0.6) is 0 Å². The molecule has 94 valence electrons. The minimum atomic E-state index is 0.423. The van der Waals surface area contributed by atoms with Crippen LogP contribution in [-0.2, 0) is 0 Å². The van der Waals surface area contributed by atoms with E-state index in [0.717, 1.165) is 16.8 Å². The maximum atomic E-state index is 5.29. The maximum Gasteiger partial charge on any atom is 0.239 e. The summed E-state index contributed by atoms with van der Waals surface area (Å²) in [7, 11) is 0. The second-order valence-electron chi connectivity index (χ2n) is 3.90. The lowest BCUT2D eigenvalue weighted by Gasteiger charge is -2.21. The van der Waals surface area contributed by atoms with Crippen LogP contribution >= 0.6 is 27.7 Å². The molecule has 0 bridgehead atoms. The first-order valence-corrected chi connectivity index (χ1v) is 7.48. The molecule has 1 aromatic heterocycles. The highest BCUT2D eigenvalue weighted by Gasteiger charge is 2.14. The fourth-order valence-electron chi connectivity index (χ4n) is 1.74. The van der Waals surface area contributed by atoms with Crippen molar-refractivity contribution >= 4 is 39.5 Å². The number of anilines is 2. The number of thioether (sulfide) groups is 1. The summed E-state index contributed by atoms with van der Waals surface area (Å²) < 4.78 is 0.859. The summed E-state index contributed by atoms with van der Waals surface area (Å²) in [6, 6.07) is 0. The van der Waals surface area contributed by atoms with Crippen LogP contribution in [0.4, 0.5) is 11.8 Å². The SMILES string of the molecule is NNc1ncc(Br)c(NCC2CCCCS2)n1. The molecule has 1 atom stereocenters. The van der Waals surface area contributed by atoms with Gasteiger partial charge in [0.2, 0.25) is 5.95 Å². The van der Waals surface area contributed by atoms with Crippen LogP contribution in [0, 0.1) is 0 Å². The van der Waals surface area contributed by atoms with E-state index in [4.69, 9.17) is 5.84 Å². The molecule has 17 heavy (non-hydrogen) atoms. The number of nitrogen functional groups attached to an aromatic ring is 1. The summed E-state index contributed by atoms with van der Waals surface area (Å²) in [6.45, 7) is 0.935. The van der Waals surface area contributed by atoms with Crippen molar-refractivity contribution < 1.29 is 0 Å². The van der Waals surface area contributed by atoms with Crippen LogP contribution in [0.25, 0.3) is 0 Å². The summed E-state index contributed by atoms with van der Waals surface area (Å²) in [6.07, 6.45) is 5.65. The Hall–Kier alpha value is -0.530. The minimum absolute atomic E-state index is 0.423. The van der Waals surface area contributed by atoms with Crippen molar-refractivity contribution in [3.8, 4) is 0 Å². The van der Waals surface area contributed by atoms with E-state index < -0.39 is 0 Å². The second-order valence-corrected chi connectivity index (χ2v) is 6.17. The Morgan fingerprint density at radius 1 is 1.53 bits per heavy atom. The Bertz CT molecular complexity index is 370. The number of nitrogens with two attached hydrogens (primary N) is 1. The van der Waals surface area contributed by atoms with E-state index in [1.807, 2.05) is 11.8 Å². The van der Waals surface area contributed by atoms with Crippen molar-refractivity contribution in [2.75, 3.05) is 23.0 Å². The number of rotatable bonds is 4. The number of hydrazine groups is 1. The molecule has 0 saturated carbocycles. The largest absolute Gasteiger partial charge is 0.368 e. The third kappa shape index (κ3) is 3.72. The first kappa shape index (κ1) is 12.9. The number of aromatic nitrogens is 2. The minimum Gasteiger partial charge on any atom is -0.368 e. The van der Waals surface area contributed by atoms with Crippen LogP contribution in [0.1, 0.15) is 19.3 Å². The molecular weight excluding hydrogens is 302 g/mol. The van der Waals surface area contributed by atoms with E-state index in [2.05, 4.69) is 36.6 Å². The Morgan fingerprint density at radius 2 is 2.41 bits per heavy atom. The van der Waals surface area contributed by atoms with Gasteiger partial charge in [0.05, 0.1) is 4.47 Å². The van der Waals surface area contributed by atoms with Gasteiger partial charge in [-0.3, -0.25) is 5.43 Å². The van der Waals surface area contributed by atoms with Gasteiger partial charge in [-0.25, -0.2) is 10.8 Å². The Morgan fingerprint density at radius 3 is 3.12 bits per heavy atom. The topological polar surface area (TPSA) is 75.9 Å². The van der Waals surface area contributed by atoms with Gasteiger partial charge >= 0.3 is 0 Å². The molecule has 5 nitrogen and oxygen atoms in total. The van der Waals surface area contributed by atoms with Gasteiger partial charge in [-0.05, 0) is 34.5 Å². The van der Waals surface area contributed by atoms with E-state index in [1.54, 1.807) is 6.20 Å². The first-order valence-electron chi connectivity index (χ1n) is 5.64. The molecule has 1 fully saturated rings. The number of halogens is 1. The fraction of sp³-hybridized carbons (Fsp3) is 0.600. The number of nitrogens with zero attached hydrogens (tertiary/aromatic N) is 2. The van der Waals surface area contributed by atoms with Gasteiger partial charge in [0, 0.05) is 18.0 Å². The van der Waals surface area contributed by atoms with Gasteiger partial charge < -0.3 is 5.32 Å². The third-order valence-corrected chi connectivity index (χ3v) is 4.62. The van der Waals surface area contributed by atoms with Crippen LogP contribution in [0.15, 0.2) is 10.7 Å². The van der Waals surface area contributed by atoms with Crippen molar-refractivity contribution in [2.45, 2.75) is 24.5 Å². The summed E-state index contributed by atoms with van der Waals surface area (Å²) in [5.41, 5.74) is 2.44. The van der Waals surface area contributed by atoms with Crippen molar-refractivity contribution in [3.63, 3.8) is 0 Å². The van der Waals surface area contributed by atoms with Crippen molar-refractivity contribution in [1.29, 1.82) is 0 Å². The Labute approximate surface area is 113 Å². The maximum absolute atomic E-state index is 5.29. The van der Waals surface area contributed by atoms with E-state index in [9.17, 15) is 0 Å². The monoisotopic (exact) mass is 317 g/mol. The van der Waals surface area contributed by atoms with Crippen molar-refractivity contribution in [2.24, 2.45) is 5.84 Å². The molecule has 2 rings (SSSR count). The highest BCUT2D eigenvalue weighted by molar-refractivity contribution is 9.10. The molecule has 1 unspecified atom stereocenters. The third-order valence-electron chi connectivity index (χ3n) is 2.64. The van der Waals surface area contributed by atoms with E-state index in [1.165, 1.54) is 25.0 Å². The lowest BCUT2D eigenvalue weighted by atomic mass is 10.2. The van der Waals surface area contributed by atoms with Gasteiger partial charge in [-0.2, -0.15) is 16.7 Å².